The third-order valence-corrected chi connectivity index (χ3v) is 28.5. The number of rotatable bonds is 22. The molecule has 0 amide bonds. The zero-order chi connectivity index (χ0) is 25.2. The second-order valence-electron chi connectivity index (χ2n) is 11.0. The van der Waals surface area contributed by atoms with Gasteiger partial charge in [0, 0.05) is 0 Å². The SMILES string of the molecule is CCCCCCCCCCCCc1ccc(-c2cc[c]([Sn]([CH2]CCC)([CH2]CCC)[CH2]CCC)s2)s1. The molecule has 0 N–H and O–H groups in total. The molecule has 0 radical (unpaired) electrons. The summed E-state index contributed by atoms with van der Waals surface area (Å²) in [6, 6.07) is 9.94. The summed E-state index contributed by atoms with van der Waals surface area (Å²) < 4.78 is 6.63. The Hall–Kier alpha value is 0.199. The van der Waals surface area contributed by atoms with Gasteiger partial charge >= 0.3 is 194 Å². The van der Waals surface area contributed by atoms with Crippen LogP contribution in [0.2, 0.25) is 13.3 Å². The van der Waals surface area contributed by atoms with Crippen molar-refractivity contribution in [2.45, 2.75) is 150 Å². The van der Waals surface area contributed by atoms with Crippen molar-refractivity contribution in [1.29, 1.82) is 0 Å². The van der Waals surface area contributed by atoms with E-state index in [2.05, 4.69) is 74.6 Å². The fourth-order valence-electron chi connectivity index (χ4n) is 5.48. The molecule has 0 saturated heterocycles. The second-order valence-corrected chi connectivity index (χ2v) is 27.4. The Morgan fingerprint density at radius 2 is 0.943 bits per heavy atom. The molecular formula is C32H56S2Sn. The molecule has 0 aliphatic heterocycles. The van der Waals surface area contributed by atoms with Crippen molar-refractivity contribution in [2.75, 3.05) is 0 Å². The van der Waals surface area contributed by atoms with Crippen LogP contribution in [0.15, 0.2) is 24.3 Å². The van der Waals surface area contributed by atoms with Crippen molar-refractivity contribution >= 4 is 43.9 Å². The zero-order valence-corrected chi connectivity index (χ0v) is 28.3. The predicted molar refractivity (Wildman–Crippen MR) is 168 cm³/mol. The van der Waals surface area contributed by atoms with Crippen LogP contribution in [0.3, 0.4) is 0 Å². The van der Waals surface area contributed by atoms with Gasteiger partial charge in [0.15, 0.2) is 0 Å². The molecule has 0 aliphatic carbocycles. The molecule has 0 aromatic carbocycles. The quantitative estimate of drug-likeness (QED) is 0.0904. The van der Waals surface area contributed by atoms with Gasteiger partial charge in [0.2, 0.25) is 0 Å². The van der Waals surface area contributed by atoms with Crippen molar-refractivity contribution in [1.82, 2.24) is 0 Å². The molecule has 0 atom stereocenters. The summed E-state index contributed by atoms with van der Waals surface area (Å²) in [5.74, 6) is 0. The van der Waals surface area contributed by atoms with Gasteiger partial charge in [-0.25, -0.2) is 0 Å². The molecule has 35 heavy (non-hydrogen) atoms. The predicted octanol–water partition coefficient (Wildman–Crippen LogP) is 12.0. The van der Waals surface area contributed by atoms with Crippen LogP contribution < -0.4 is 2.89 Å². The van der Waals surface area contributed by atoms with E-state index in [9.17, 15) is 0 Å². The van der Waals surface area contributed by atoms with Crippen molar-refractivity contribution in [3.63, 3.8) is 0 Å². The Labute approximate surface area is 231 Å². The van der Waals surface area contributed by atoms with E-state index in [0.717, 1.165) is 0 Å². The van der Waals surface area contributed by atoms with Gasteiger partial charge in [-0.2, -0.15) is 0 Å². The number of aryl methyl sites for hydroxylation is 1. The van der Waals surface area contributed by atoms with Crippen LogP contribution in [-0.2, 0) is 6.42 Å². The van der Waals surface area contributed by atoms with E-state index in [1.54, 1.807) is 23.1 Å². The average Bonchev–Trinajstić information content (AvgIpc) is 3.55. The molecule has 0 spiro atoms. The minimum atomic E-state index is -2.28. The summed E-state index contributed by atoms with van der Waals surface area (Å²) >= 11 is 2.01. The van der Waals surface area contributed by atoms with Gasteiger partial charge in [0.05, 0.1) is 0 Å². The fourth-order valence-corrected chi connectivity index (χ4v) is 26.8. The molecule has 0 unspecified atom stereocenters. The molecule has 2 heterocycles. The van der Waals surface area contributed by atoms with Gasteiger partial charge in [-0.15, -0.1) is 0 Å². The van der Waals surface area contributed by atoms with Gasteiger partial charge in [-0.3, -0.25) is 0 Å². The summed E-state index contributed by atoms with van der Waals surface area (Å²) in [6.07, 6.45) is 24.0. The fraction of sp³-hybridized carbons (Fsp3) is 0.750. The third-order valence-electron chi connectivity index (χ3n) is 7.84. The summed E-state index contributed by atoms with van der Waals surface area (Å²) in [5, 5.41) is 0. The van der Waals surface area contributed by atoms with Gasteiger partial charge in [-0.05, 0) is 0 Å². The van der Waals surface area contributed by atoms with Crippen molar-refractivity contribution in [3.05, 3.63) is 29.1 Å². The molecule has 2 aromatic heterocycles. The second kappa shape index (κ2) is 19.3. The monoisotopic (exact) mass is 624 g/mol. The molecule has 0 nitrogen and oxygen atoms in total. The Morgan fingerprint density at radius 3 is 1.49 bits per heavy atom. The molecular weight excluding hydrogens is 567 g/mol. The van der Waals surface area contributed by atoms with E-state index >= 15 is 0 Å². The molecule has 3 heteroatoms. The zero-order valence-electron chi connectivity index (χ0n) is 23.8. The first-order valence-electron chi connectivity index (χ1n) is 15.4. The van der Waals surface area contributed by atoms with Gasteiger partial charge in [0.1, 0.15) is 0 Å². The maximum atomic E-state index is 2.60. The Kier molecular flexibility index (Phi) is 17.3. The van der Waals surface area contributed by atoms with Crippen LogP contribution in [0, 0.1) is 0 Å². The van der Waals surface area contributed by atoms with Crippen molar-refractivity contribution in [3.8, 4) is 9.75 Å². The Balaban J connectivity index is 1.88. The molecule has 0 aliphatic rings. The van der Waals surface area contributed by atoms with E-state index < -0.39 is 18.4 Å². The third kappa shape index (κ3) is 11.6. The van der Waals surface area contributed by atoms with E-state index in [4.69, 9.17) is 0 Å². The van der Waals surface area contributed by atoms with E-state index in [-0.39, 0.29) is 0 Å². The summed E-state index contributed by atoms with van der Waals surface area (Å²) in [6.45, 7) is 9.46. The van der Waals surface area contributed by atoms with E-state index in [0.29, 0.717) is 0 Å². The van der Waals surface area contributed by atoms with Crippen LogP contribution in [0.1, 0.15) is 135 Å². The summed E-state index contributed by atoms with van der Waals surface area (Å²) in [5.41, 5.74) is 0. The van der Waals surface area contributed by atoms with Crippen LogP contribution in [-0.4, -0.2) is 18.4 Å². The molecule has 200 valence electrons. The molecule has 2 aromatic rings. The normalized spacial score (nSPS) is 12.0. The standard InChI is InChI=1S/C20H29S2.3C4H9.Sn/c1-2-3-4-5-6-7-8-9-10-11-13-18-15-16-20(22-18)19-14-12-17-21-19;3*1-3-4-2;/h12,14-16H,2-11,13H2,1H3;3*1,3-4H2,2H3;. The van der Waals surface area contributed by atoms with E-state index in [1.807, 2.05) is 2.89 Å². The number of hydrogen-bond donors (Lipinski definition) is 0. The number of hydrogen-bond acceptors (Lipinski definition) is 2. The van der Waals surface area contributed by atoms with Crippen molar-refractivity contribution in [2.24, 2.45) is 0 Å². The molecule has 2 rings (SSSR count). The minimum absolute atomic E-state index is 1.28. The Bertz CT molecular complexity index is 737. The van der Waals surface area contributed by atoms with Crippen LogP contribution in [0.5, 0.6) is 0 Å². The molecule has 0 saturated carbocycles. The number of unbranched alkanes of at least 4 members (excludes halogenated alkanes) is 12. The number of thiophene rings is 2. The van der Waals surface area contributed by atoms with Crippen molar-refractivity contribution < 1.29 is 0 Å². The Morgan fingerprint density at radius 1 is 0.486 bits per heavy atom. The van der Waals surface area contributed by atoms with Crippen LogP contribution in [0.4, 0.5) is 0 Å². The van der Waals surface area contributed by atoms with Gasteiger partial charge < -0.3 is 0 Å². The first kappa shape index (κ1) is 31.4. The first-order chi connectivity index (χ1) is 17.2. The van der Waals surface area contributed by atoms with E-state index in [1.165, 1.54) is 114 Å². The first-order valence-corrected chi connectivity index (χ1v) is 24.5. The van der Waals surface area contributed by atoms with Gasteiger partial charge in [0.25, 0.3) is 0 Å². The summed E-state index contributed by atoms with van der Waals surface area (Å²) in [4.78, 5) is 4.70. The summed E-state index contributed by atoms with van der Waals surface area (Å²) in [7, 11) is 0. The van der Waals surface area contributed by atoms with Crippen LogP contribution in [0.25, 0.3) is 9.75 Å². The van der Waals surface area contributed by atoms with Gasteiger partial charge in [-0.1, -0.05) is 39.0 Å². The topological polar surface area (TPSA) is 0 Å². The molecule has 0 fully saturated rings. The average molecular weight is 624 g/mol. The molecule has 0 bridgehead atoms. The maximum absolute atomic E-state index is 2.60. The van der Waals surface area contributed by atoms with Crippen LogP contribution >= 0.6 is 22.7 Å².